The lowest BCUT2D eigenvalue weighted by Crippen LogP contribution is -2.22. The van der Waals surface area contributed by atoms with Gasteiger partial charge in [0.1, 0.15) is 11.8 Å². The smallest absolute Gasteiger partial charge is 0.174 e. The second kappa shape index (κ2) is 6.37. The lowest BCUT2D eigenvalue weighted by Gasteiger charge is -2.14. The van der Waals surface area contributed by atoms with Crippen LogP contribution in [-0.2, 0) is 6.42 Å². The van der Waals surface area contributed by atoms with Crippen LogP contribution in [0.15, 0.2) is 18.2 Å². The van der Waals surface area contributed by atoms with Crippen LogP contribution in [0.25, 0.3) is 0 Å². The highest BCUT2D eigenvalue weighted by molar-refractivity contribution is 6.31. The molecule has 0 fully saturated rings. The molecule has 0 heterocycles. The van der Waals surface area contributed by atoms with Gasteiger partial charge in [0.25, 0.3) is 0 Å². The summed E-state index contributed by atoms with van der Waals surface area (Å²) in [5.41, 5.74) is 6.78. The summed E-state index contributed by atoms with van der Waals surface area (Å²) >= 11 is 6.09. The largest absolute Gasteiger partial charge is 0.478 e. The van der Waals surface area contributed by atoms with Gasteiger partial charge in [-0.15, -0.1) is 0 Å². The number of nitrogens with zero attached hydrogens (tertiary/aromatic N) is 1. The van der Waals surface area contributed by atoms with E-state index in [1.807, 2.05) is 13.0 Å². The van der Waals surface area contributed by atoms with Crippen molar-refractivity contribution in [3.05, 3.63) is 28.8 Å². The molecule has 1 aromatic carbocycles. The summed E-state index contributed by atoms with van der Waals surface area (Å²) in [7, 11) is 0. The van der Waals surface area contributed by atoms with Gasteiger partial charge >= 0.3 is 0 Å². The summed E-state index contributed by atoms with van der Waals surface area (Å²) in [5.74, 6) is 0.651. The van der Waals surface area contributed by atoms with Crippen LogP contribution in [0.1, 0.15) is 18.9 Å². The predicted octanol–water partition coefficient (Wildman–Crippen LogP) is 2.52. The number of nitrogens with two attached hydrogens (primary N) is 1. The number of nitriles is 1. The SMILES string of the molecule is CCC(N)Cc1c(Cl)cccc1OCC#N. The van der Waals surface area contributed by atoms with Crippen LogP contribution in [0.3, 0.4) is 0 Å². The molecule has 0 amide bonds. The minimum absolute atomic E-state index is 0.0225. The van der Waals surface area contributed by atoms with Crippen molar-refractivity contribution in [1.82, 2.24) is 0 Å². The zero-order valence-corrected chi connectivity index (χ0v) is 10.00. The molecule has 0 aliphatic heterocycles. The Labute approximate surface area is 101 Å². The summed E-state index contributed by atoms with van der Waals surface area (Å²) in [5, 5.41) is 9.12. The lowest BCUT2D eigenvalue weighted by atomic mass is 10.0. The molecule has 1 unspecified atom stereocenters. The number of rotatable bonds is 5. The third-order valence-electron chi connectivity index (χ3n) is 2.36. The molecule has 1 aromatic rings. The maximum absolute atomic E-state index is 8.48. The number of halogens is 1. The number of benzene rings is 1. The van der Waals surface area contributed by atoms with Gasteiger partial charge in [-0.2, -0.15) is 5.26 Å². The molecule has 4 heteroatoms. The molecule has 0 radical (unpaired) electrons. The fourth-order valence-electron chi connectivity index (χ4n) is 1.39. The highest BCUT2D eigenvalue weighted by atomic mass is 35.5. The Kier molecular flexibility index (Phi) is 5.10. The fraction of sp³-hybridized carbons (Fsp3) is 0.417. The van der Waals surface area contributed by atoms with E-state index in [1.54, 1.807) is 18.2 Å². The Morgan fingerprint density at radius 1 is 1.56 bits per heavy atom. The van der Waals surface area contributed by atoms with E-state index in [4.69, 9.17) is 27.3 Å². The second-order valence-electron chi connectivity index (χ2n) is 3.54. The molecule has 1 rings (SSSR count). The van der Waals surface area contributed by atoms with Crippen molar-refractivity contribution in [3.8, 4) is 11.8 Å². The van der Waals surface area contributed by atoms with E-state index in [-0.39, 0.29) is 12.6 Å². The normalized spacial score (nSPS) is 11.9. The summed E-state index contributed by atoms with van der Waals surface area (Å²) in [6, 6.07) is 7.41. The first-order valence-corrected chi connectivity index (χ1v) is 5.59. The van der Waals surface area contributed by atoms with Gasteiger partial charge in [0.2, 0.25) is 0 Å². The van der Waals surface area contributed by atoms with Gasteiger partial charge in [-0.25, -0.2) is 0 Å². The van der Waals surface area contributed by atoms with Crippen molar-refractivity contribution in [2.45, 2.75) is 25.8 Å². The first-order valence-electron chi connectivity index (χ1n) is 5.21. The van der Waals surface area contributed by atoms with Crippen molar-refractivity contribution in [2.75, 3.05) is 6.61 Å². The van der Waals surface area contributed by atoms with Crippen molar-refractivity contribution >= 4 is 11.6 Å². The maximum Gasteiger partial charge on any atom is 0.174 e. The minimum atomic E-state index is 0.0225. The van der Waals surface area contributed by atoms with Crippen molar-refractivity contribution < 1.29 is 4.74 Å². The lowest BCUT2D eigenvalue weighted by molar-refractivity contribution is 0.362. The summed E-state index contributed by atoms with van der Waals surface area (Å²) in [6.07, 6.45) is 1.54. The fourth-order valence-corrected chi connectivity index (χ4v) is 1.63. The molecule has 0 bridgehead atoms. The Morgan fingerprint density at radius 2 is 2.31 bits per heavy atom. The molecule has 16 heavy (non-hydrogen) atoms. The molecule has 2 N–H and O–H groups in total. The van der Waals surface area contributed by atoms with Crippen molar-refractivity contribution in [3.63, 3.8) is 0 Å². The van der Waals surface area contributed by atoms with E-state index < -0.39 is 0 Å². The van der Waals surface area contributed by atoms with Crippen LogP contribution in [0.2, 0.25) is 5.02 Å². The topological polar surface area (TPSA) is 59.0 Å². The van der Waals surface area contributed by atoms with E-state index >= 15 is 0 Å². The van der Waals surface area contributed by atoms with Gasteiger partial charge < -0.3 is 10.5 Å². The Morgan fingerprint density at radius 3 is 2.94 bits per heavy atom. The first kappa shape index (κ1) is 12.8. The molecule has 0 aromatic heterocycles. The van der Waals surface area contributed by atoms with Gasteiger partial charge in [-0.1, -0.05) is 24.6 Å². The van der Waals surface area contributed by atoms with Gasteiger partial charge in [0.15, 0.2) is 6.61 Å². The zero-order chi connectivity index (χ0) is 12.0. The van der Waals surface area contributed by atoms with E-state index in [2.05, 4.69) is 0 Å². The summed E-state index contributed by atoms with van der Waals surface area (Å²) < 4.78 is 5.31. The highest BCUT2D eigenvalue weighted by Gasteiger charge is 2.11. The zero-order valence-electron chi connectivity index (χ0n) is 9.24. The third-order valence-corrected chi connectivity index (χ3v) is 2.71. The summed E-state index contributed by atoms with van der Waals surface area (Å²) in [6.45, 7) is 2.05. The van der Waals surface area contributed by atoms with E-state index in [1.165, 1.54) is 0 Å². The average molecular weight is 239 g/mol. The van der Waals surface area contributed by atoms with Crippen LogP contribution < -0.4 is 10.5 Å². The summed E-state index contributed by atoms with van der Waals surface area (Å²) in [4.78, 5) is 0. The Hall–Kier alpha value is -1.24. The van der Waals surface area contributed by atoms with E-state index in [9.17, 15) is 0 Å². The molecular weight excluding hydrogens is 224 g/mol. The monoisotopic (exact) mass is 238 g/mol. The van der Waals surface area contributed by atoms with Gasteiger partial charge in [0, 0.05) is 16.6 Å². The first-order chi connectivity index (χ1) is 7.69. The van der Waals surface area contributed by atoms with Crippen LogP contribution >= 0.6 is 11.6 Å². The Bertz CT molecular complexity index is 387. The molecule has 0 spiro atoms. The van der Waals surface area contributed by atoms with Gasteiger partial charge in [-0.05, 0) is 25.0 Å². The van der Waals surface area contributed by atoms with Gasteiger partial charge in [-0.3, -0.25) is 0 Å². The highest BCUT2D eigenvalue weighted by Crippen LogP contribution is 2.27. The minimum Gasteiger partial charge on any atom is -0.478 e. The molecule has 0 saturated heterocycles. The molecule has 3 nitrogen and oxygen atoms in total. The van der Waals surface area contributed by atoms with Gasteiger partial charge in [0.05, 0.1) is 0 Å². The molecular formula is C12H15ClN2O. The maximum atomic E-state index is 8.48. The van der Waals surface area contributed by atoms with E-state index in [0.717, 1.165) is 12.0 Å². The number of hydrogen-bond donors (Lipinski definition) is 1. The predicted molar refractivity (Wildman–Crippen MR) is 64.5 cm³/mol. The van der Waals surface area contributed by atoms with Crippen LogP contribution in [0, 0.1) is 11.3 Å². The van der Waals surface area contributed by atoms with Crippen LogP contribution in [-0.4, -0.2) is 12.6 Å². The van der Waals surface area contributed by atoms with Crippen LogP contribution in [0.5, 0.6) is 5.75 Å². The molecule has 0 aliphatic rings. The number of ether oxygens (including phenoxy) is 1. The average Bonchev–Trinajstić information content (AvgIpc) is 2.29. The standard InChI is InChI=1S/C12H15ClN2O/c1-2-9(15)8-10-11(13)4-3-5-12(10)16-7-6-14/h3-5,9H,2,7-8,15H2,1H3. The van der Waals surface area contributed by atoms with Crippen LogP contribution in [0.4, 0.5) is 0 Å². The molecule has 0 aliphatic carbocycles. The Balaban J connectivity index is 2.90. The quantitative estimate of drug-likeness (QED) is 0.858. The second-order valence-corrected chi connectivity index (χ2v) is 3.94. The molecule has 86 valence electrons. The molecule has 0 saturated carbocycles. The van der Waals surface area contributed by atoms with Crippen molar-refractivity contribution in [1.29, 1.82) is 5.26 Å². The van der Waals surface area contributed by atoms with Crippen molar-refractivity contribution in [2.24, 2.45) is 5.73 Å². The molecule has 1 atom stereocenters. The third kappa shape index (κ3) is 3.41. The van der Waals surface area contributed by atoms with E-state index in [0.29, 0.717) is 17.2 Å². The number of hydrogen-bond acceptors (Lipinski definition) is 3.